The van der Waals surface area contributed by atoms with Crippen molar-refractivity contribution in [3.63, 3.8) is 0 Å². The van der Waals surface area contributed by atoms with E-state index in [1.165, 1.54) is 27.0 Å². The van der Waals surface area contributed by atoms with Crippen LogP contribution in [0.5, 0.6) is 0 Å². The van der Waals surface area contributed by atoms with Gasteiger partial charge >= 0.3 is 94.8 Å². The first kappa shape index (κ1) is 11.2. The second-order valence-corrected chi connectivity index (χ2v) is 7.34. The molecule has 1 rings (SSSR count). The number of benzene rings is 1. The Morgan fingerprint density at radius 1 is 1.31 bits per heavy atom. The summed E-state index contributed by atoms with van der Waals surface area (Å²) in [7, 11) is 0. The molecule has 0 atom stereocenters. The first-order valence-corrected chi connectivity index (χ1v) is 7.49. The Hall–Kier alpha value is 0.129. The molecule has 0 radical (unpaired) electrons. The van der Waals surface area contributed by atoms with E-state index >= 15 is 0 Å². The molecule has 0 aliphatic carbocycles. The van der Waals surface area contributed by atoms with Gasteiger partial charge in [-0.25, -0.2) is 0 Å². The maximum atomic E-state index is 3.20. The Labute approximate surface area is 94.6 Å². The van der Waals surface area contributed by atoms with Crippen molar-refractivity contribution in [3.05, 3.63) is 35.9 Å². The Balaban J connectivity index is 2.40. The average molecular weight is 304 g/mol. The molecule has 0 aromatic heterocycles. The Morgan fingerprint density at radius 3 is 2.62 bits per heavy atom. The number of hydrogen-bond donors (Lipinski definition) is 0. The van der Waals surface area contributed by atoms with Crippen LogP contribution < -0.4 is 0 Å². The van der Waals surface area contributed by atoms with Gasteiger partial charge in [0.25, 0.3) is 0 Å². The van der Waals surface area contributed by atoms with E-state index in [9.17, 15) is 0 Å². The summed E-state index contributed by atoms with van der Waals surface area (Å²) in [5.41, 5.74) is 1.37. The van der Waals surface area contributed by atoms with Gasteiger partial charge in [-0.2, -0.15) is 0 Å². The van der Waals surface area contributed by atoms with Crippen LogP contribution in [0.3, 0.4) is 0 Å². The molecule has 0 fully saturated rings. The molecular formula is C11H14Se2. The predicted octanol–water partition coefficient (Wildman–Crippen LogP) is 2.26. The normalized spacial score (nSPS) is 9.92. The van der Waals surface area contributed by atoms with Crippen LogP contribution in [0.15, 0.2) is 30.3 Å². The first-order chi connectivity index (χ1) is 6.34. The van der Waals surface area contributed by atoms with E-state index in [0.29, 0.717) is 15.0 Å². The van der Waals surface area contributed by atoms with Gasteiger partial charge < -0.3 is 0 Å². The summed E-state index contributed by atoms with van der Waals surface area (Å²) < 4.78 is 1.46. The molecule has 0 heterocycles. The van der Waals surface area contributed by atoms with Crippen molar-refractivity contribution in [1.82, 2.24) is 0 Å². The summed E-state index contributed by atoms with van der Waals surface area (Å²) in [6.45, 7) is 2.25. The van der Waals surface area contributed by atoms with Crippen LogP contribution >= 0.6 is 0 Å². The van der Waals surface area contributed by atoms with Crippen LogP contribution in [0, 0.1) is 0 Å². The van der Waals surface area contributed by atoms with Crippen molar-refractivity contribution in [2.24, 2.45) is 0 Å². The molecule has 0 spiro atoms. The summed E-state index contributed by atoms with van der Waals surface area (Å²) in [4.78, 5) is 0. The zero-order chi connectivity index (χ0) is 9.52. The van der Waals surface area contributed by atoms with Gasteiger partial charge in [-0.3, -0.25) is 0 Å². The Bertz CT molecular complexity index is 254. The van der Waals surface area contributed by atoms with E-state index < -0.39 is 0 Å². The molecule has 0 saturated carbocycles. The van der Waals surface area contributed by atoms with Gasteiger partial charge in [0.15, 0.2) is 0 Å². The van der Waals surface area contributed by atoms with E-state index in [2.05, 4.69) is 52.8 Å². The third kappa shape index (κ3) is 4.24. The molecule has 1 aromatic rings. The van der Waals surface area contributed by atoms with Crippen LogP contribution in [0.4, 0.5) is 0 Å². The molecule has 0 bridgehead atoms. The summed E-state index contributed by atoms with van der Waals surface area (Å²) >= 11 is 3.85. The maximum absolute atomic E-state index is 3.20. The number of rotatable bonds is 5. The zero-order valence-corrected chi connectivity index (χ0v) is 11.3. The van der Waals surface area contributed by atoms with Crippen LogP contribution in [0.25, 0.3) is 0 Å². The van der Waals surface area contributed by atoms with E-state index in [1.807, 2.05) is 0 Å². The van der Waals surface area contributed by atoms with Crippen molar-refractivity contribution in [2.45, 2.75) is 25.1 Å². The molecule has 13 heavy (non-hydrogen) atoms. The average Bonchev–Trinajstić information content (AvgIpc) is 2.19. The van der Waals surface area contributed by atoms with E-state index in [4.69, 9.17) is 0 Å². The molecule has 0 unspecified atom stereocenters. The molecule has 0 saturated heterocycles. The van der Waals surface area contributed by atoms with Crippen LogP contribution in [0.1, 0.15) is 25.3 Å². The molecule has 0 aliphatic rings. The standard InChI is InChI=1S/C11H14Se2/c1-2-3-9-13-11(12)10-7-5-4-6-8-10/h4-8H,2-3,9H2,1H3. The molecule has 0 aliphatic heterocycles. The van der Waals surface area contributed by atoms with Gasteiger partial charge in [-0.15, -0.1) is 0 Å². The monoisotopic (exact) mass is 306 g/mol. The first-order valence-electron chi connectivity index (χ1n) is 4.56. The Morgan fingerprint density at radius 2 is 2.00 bits per heavy atom. The third-order valence-electron chi connectivity index (χ3n) is 1.74. The van der Waals surface area contributed by atoms with Gasteiger partial charge in [0, 0.05) is 0 Å². The molecule has 0 nitrogen and oxygen atoms in total. The van der Waals surface area contributed by atoms with Crippen LogP contribution in [0.2, 0.25) is 5.32 Å². The molecule has 0 amide bonds. The SMILES string of the molecule is CCCC[Se]C(=[Se])c1ccccc1. The summed E-state index contributed by atoms with van der Waals surface area (Å²) in [6, 6.07) is 10.6. The second kappa shape index (κ2) is 6.56. The van der Waals surface area contributed by atoms with E-state index in [1.54, 1.807) is 0 Å². The second-order valence-electron chi connectivity index (χ2n) is 2.86. The molecule has 2 heteroatoms. The fourth-order valence-electron chi connectivity index (χ4n) is 0.967. The van der Waals surface area contributed by atoms with Crippen molar-refractivity contribution >= 4 is 33.8 Å². The summed E-state index contributed by atoms with van der Waals surface area (Å²) in [5.74, 6) is 0. The van der Waals surface area contributed by atoms with Gasteiger partial charge in [0.2, 0.25) is 0 Å². The van der Waals surface area contributed by atoms with Crippen LogP contribution in [-0.4, -0.2) is 33.8 Å². The van der Waals surface area contributed by atoms with Crippen molar-refractivity contribution < 1.29 is 0 Å². The van der Waals surface area contributed by atoms with Gasteiger partial charge in [0.05, 0.1) is 0 Å². The van der Waals surface area contributed by atoms with Crippen molar-refractivity contribution in [1.29, 1.82) is 0 Å². The van der Waals surface area contributed by atoms with Gasteiger partial charge in [-0.05, 0) is 0 Å². The number of unbranched alkanes of at least 4 members (excludes halogenated alkanes) is 1. The van der Waals surface area contributed by atoms with Crippen LogP contribution in [-0.2, 0) is 0 Å². The van der Waals surface area contributed by atoms with E-state index in [-0.39, 0.29) is 0 Å². The fourth-order valence-corrected chi connectivity index (χ4v) is 4.09. The zero-order valence-electron chi connectivity index (χ0n) is 7.82. The molecular weight excluding hydrogens is 290 g/mol. The summed E-state index contributed by atoms with van der Waals surface area (Å²) in [5, 5.41) is 1.36. The van der Waals surface area contributed by atoms with Gasteiger partial charge in [-0.1, -0.05) is 0 Å². The minimum atomic E-state index is 0.650. The molecule has 70 valence electrons. The minimum absolute atomic E-state index is 0.650. The van der Waals surface area contributed by atoms with E-state index in [0.717, 1.165) is 0 Å². The topological polar surface area (TPSA) is 0 Å². The summed E-state index contributed by atoms with van der Waals surface area (Å²) in [6.07, 6.45) is 2.67. The quantitative estimate of drug-likeness (QED) is 0.578. The predicted molar refractivity (Wildman–Crippen MR) is 61.8 cm³/mol. The molecule has 0 N–H and O–H groups in total. The van der Waals surface area contributed by atoms with Crippen molar-refractivity contribution in [2.75, 3.05) is 0 Å². The number of hydrogen-bond acceptors (Lipinski definition) is 0. The van der Waals surface area contributed by atoms with Gasteiger partial charge in [0.1, 0.15) is 0 Å². The van der Waals surface area contributed by atoms with Crippen molar-refractivity contribution in [3.8, 4) is 0 Å². The third-order valence-corrected chi connectivity index (χ3v) is 5.60. The Kier molecular flexibility index (Phi) is 5.66. The fraction of sp³-hybridized carbons (Fsp3) is 0.364. The molecule has 1 aromatic carbocycles.